The van der Waals surface area contributed by atoms with Gasteiger partial charge < -0.3 is 10.2 Å². The van der Waals surface area contributed by atoms with Crippen molar-refractivity contribution in [1.82, 2.24) is 15.2 Å². The minimum Gasteiger partial charge on any atom is -0.342 e. The van der Waals surface area contributed by atoms with Crippen molar-refractivity contribution in [3.63, 3.8) is 0 Å². The summed E-state index contributed by atoms with van der Waals surface area (Å²) in [5.41, 5.74) is 0.800. The van der Waals surface area contributed by atoms with Crippen LogP contribution >= 0.6 is 15.9 Å². The first-order valence-corrected chi connectivity index (χ1v) is 8.10. The summed E-state index contributed by atoms with van der Waals surface area (Å²) in [6, 6.07) is 3.05. The maximum atomic E-state index is 12.7. The highest BCUT2D eigenvalue weighted by molar-refractivity contribution is 9.10. The van der Waals surface area contributed by atoms with Gasteiger partial charge in [0.25, 0.3) is 0 Å². The van der Waals surface area contributed by atoms with Gasteiger partial charge in [0.2, 0.25) is 11.8 Å². The van der Waals surface area contributed by atoms with Crippen LogP contribution in [0.25, 0.3) is 0 Å². The summed E-state index contributed by atoms with van der Waals surface area (Å²) in [5.74, 6) is 0.319. The van der Waals surface area contributed by atoms with E-state index in [-0.39, 0.29) is 17.9 Å². The fourth-order valence-corrected chi connectivity index (χ4v) is 3.04. The Morgan fingerprint density at radius 3 is 2.71 bits per heavy atom. The molecule has 2 amide bonds. The van der Waals surface area contributed by atoms with Crippen LogP contribution in [-0.4, -0.2) is 33.8 Å². The van der Waals surface area contributed by atoms with Gasteiger partial charge in [-0.3, -0.25) is 14.6 Å². The summed E-state index contributed by atoms with van der Waals surface area (Å²) in [4.78, 5) is 30.9. The molecular formula is C15H18BrN3O2. The van der Waals surface area contributed by atoms with E-state index in [0.717, 1.165) is 23.0 Å². The molecule has 0 radical (unpaired) electrons. The van der Waals surface area contributed by atoms with E-state index in [1.165, 1.54) is 0 Å². The molecule has 2 fully saturated rings. The lowest BCUT2D eigenvalue weighted by Crippen LogP contribution is -2.63. The largest absolute Gasteiger partial charge is 0.342 e. The lowest BCUT2D eigenvalue weighted by molar-refractivity contribution is -0.150. The molecule has 1 aliphatic carbocycles. The summed E-state index contributed by atoms with van der Waals surface area (Å²) >= 11 is 3.35. The molecular weight excluding hydrogens is 334 g/mol. The zero-order chi connectivity index (χ0) is 15.0. The maximum absolute atomic E-state index is 12.7. The van der Waals surface area contributed by atoms with Crippen molar-refractivity contribution in [2.24, 2.45) is 5.92 Å². The molecule has 1 saturated heterocycles. The second kappa shape index (κ2) is 5.75. The van der Waals surface area contributed by atoms with E-state index >= 15 is 0 Å². The first-order chi connectivity index (χ1) is 10.1. The van der Waals surface area contributed by atoms with Gasteiger partial charge in [-0.15, -0.1) is 0 Å². The van der Waals surface area contributed by atoms with Gasteiger partial charge in [0, 0.05) is 10.7 Å². The number of amides is 2. The Bertz CT molecular complexity index is 557. The molecule has 0 bridgehead atoms. The molecule has 3 rings (SSSR count). The second-order valence-corrected chi connectivity index (χ2v) is 6.60. The molecule has 5 nitrogen and oxygen atoms in total. The predicted molar refractivity (Wildman–Crippen MR) is 81.2 cm³/mol. The first kappa shape index (κ1) is 14.5. The van der Waals surface area contributed by atoms with Crippen LogP contribution in [0.3, 0.4) is 0 Å². The minimum atomic E-state index is -0.391. The van der Waals surface area contributed by atoms with Crippen LogP contribution in [0.1, 0.15) is 31.9 Å². The van der Waals surface area contributed by atoms with Crippen molar-refractivity contribution in [2.75, 3.05) is 0 Å². The SMILES string of the molecule is CCC1C(=O)NC(C2CC2)C(=O)N1Cc1ccc(Br)cn1. The number of piperazine rings is 1. The number of aromatic nitrogens is 1. The number of carbonyl (C=O) groups is 2. The van der Waals surface area contributed by atoms with Crippen LogP contribution in [0, 0.1) is 5.92 Å². The topological polar surface area (TPSA) is 62.3 Å². The summed E-state index contributed by atoms with van der Waals surface area (Å²) < 4.78 is 0.900. The normalized spacial score (nSPS) is 25.9. The Morgan fingerprint density at radius 1 is 1.38 bits per heavy atom. The van der Waals surface area contributed by atoms with Crippen molar-refractivity contribution in [3.8, 4) is 0 Å². The summed E-state index contributed by atoms with van der Waals surface area (Å²) in [6.45, 7) is 2.32. The average Bonchev–Trinajstić information content (AvgIpc) is 3.29. The van der Waals surface area contributed by atoms with Gasteiger partial charge in [0.1, 0.15) is 12.1 Å². The molecule has 1 aromatic rings. The third kappa shape index (κ3) is 2.95. The third-order valence-corrected chi connectivity index (χ3v) is 4.60. The molecule has 2 heterocycles. The van der Waals surface area contributed by atoms with Crippen LogP contribution in [0.5, 0.6) is 0 Å². The fraction of sp³-hybridized carbons (Fsp3) is 0.533. The van der Waals surface area contributed by atoms with Gasteiger partial charge in [-0.25, -0.2) is 0 Å². The van der Waals surface area contributed by atoms with E-state index < -0.39 is 6.04 Å². The number of hydrogen-bond donors (Lipinski definition) is 1. The van der Waals surface area contributed by atoms with E-state index in [2.05, 4.69) is 26.2 Å². The van der Waals surface area contributed by atoms with Crippen LogP contribution in [0.15, 0.2) is 22.8 Å². The number of carbonyl (C=O) groups excluding carboxylic acids is 2. The Balaban J connectivity index is 1.82. The maximum Gasteiger partial charge on any atom is 0.246 e. The lowest BCUT2D eigenvalue weighted by atomic mass is 10.0. The summed E-state index contributed by atoms with van der Waals surface area (Å²) in [6.07, 6.45) is 4.38. The first-order valence-electron chi connectivity index (χ1n) is 7.31. The van der Waals surface area contributed by atoms with Gasteiger partial charge >= 0.3 is 0 Å². The van der Waals surface area contributed by atoms with Crippen LogP contribution in [0.4, 0.5) is 0 Å². The average molecular weight is 352 g/mol. The summed E-state index contributed by atoms with van der Waals surface area (Å²) in [7, 11) is 0. The Morgan fingerprint density at radius 2 is 2.14 bits per heavy atom. The fourth-order valence-electron chi connectivity index (χ4n) is 2.80. The number of nitrogens with one attached hydrogen (secondary N) is 1. The van der Waals surface area contributed by atoms with E-state index in [4.69, 9.17) is 0 Å². The molecule has 21 heavy (non-hydrogen) atoms. The lowest BCUT2D eigenvalue weighted by Gasteiger charge is -2.38. The Kier molecular flexibility index (Phi) is 3.97. The highest BCUT2D eigenvalue weighted by Crippen LogP contribution is 2.35. The molecule has 112 valence electrons. The molecule has 0 aromatic carbocycles. The van der Waals surface area contributed by atoms with Gasteiger partial charge in [0.15, 0.2) is 0 Å². The van der Waals surface area contributed by atoms with Crippen LogP contribution < -0.4 is 5.32 Å². The van der Waals surface area contributed by atoms with Crippen molar-refractivity contribution in [3.05, 3.63) is 28.5 Å². The smallest absolute Gasteiger partial charge is 0.246 e. The molecule has 2 unspecified atom stereocenters. The monoisotopic (exact) mass is 351 g/mol. The number of hydrogen-bond acceptors (Lipinski definition) is 3. The number of rotatable bonds is 4. The van der Waals surface area contributed by atoms with Gasteiger partial charge in [-0.1, -0.05) is 6.92 Å². The zero-order valence-corrected chi connectivity index (χ0v) is 13.5. The van der Waals surface area contributed by atoms with Gasteiger partial charge in [0.05, 0.1) is 12.2 Å². The van der Waals surface area contributed by atoms with E-state index in [9.17, 15) is 9.59 Å². The quantitative estimate of drug-likeness (QED) is 0.900. The van der Waals surface area contributed by atoms with Crippen molar-refractivity contribution < 1.29 is 9.59 Å². The number of pyridine rings is 1. The molecule has 1 saturated carbocycles. The highest BCUT2D eigenvalue weighted by Gasteiger charge is 2.46. The molecule has 2 atom stereocenters. The van der Waals surface area contributed by atoms with E-state index in [0.29, 0.717) is 18.9 Å². The van der Waals surface area contributed by atoms with Crippen molar-refractivity contribution >= 4 is 27.7 Å². The Labute approximate surface area is 132 Å². The third-order valence-electron chi connectivity index (χ3n) is 4.13. The number of halogens is 1. The standard InChI is InChI=1S/C15H18BrN3O2/c1-2-12-14(20)18-13(9-3-4-9)15(21)19(12)8-11-6-5-10(16)7-17-11/h5-7,9,12-13H,2-4,8H2,1H3,(H,18,20). The zero-order valence-electron chi connectivity index (χ0n) is 11.9. The molecule has 1 aliphatic heterocycles. The number of nitrogens with zero attached hydrogens (tertiary/aromatic N) is 2. The van der Waals surface area contributed by atoms with Crippen molar-refractivity contribution in [1.29, 1.82) is 0 Å². The van der Waals surface area contributed by atoms with Gasteiger partial charge in [-0.05, 0) is 53.2 Å². The van der Waals surface area contributed by atoms with Crippen LogP contribution in [0.2, 0.25) is 0 Å². The molecule has 1 N–H and O–H groups in total. The van der Waals surface area contributed by atoms with Gasteiger partial charge in [-0.2, -0.15) is 0 Å². The molecule has 2 aliphatic rings. The second-order valence-electron chi connectivity index (χ2n) is 5.68. The van der Waals surface area contributed by atoms with Crippen molar-refractivity contribution in [2.45, 2.75) is 44.8 Å². The summed E-state index contributed by atoms with van der Waals surface area (Å²) in [5, 5.41) is 2.90. The Hall–Kier alpha value is -1.43. The van der Waals surface area contributed by atoms with E-state index in [1.807, 2.05) is 19.1 Å². The molecule has 6 heteroatoms. The van der Waals surface area contributed by atoms with E-state index in [1.54, 1.807) is 11.1 Å². The molecule has 1 aromatic heterocycles. The van der Waals surface area contributed by atoms with Crippen LogP contribution in [-0.2, 0) is 16.1 Å². The highest BCUT2D eigenvalue weighted by atomic mass is 79.9. The predicted octanol–water partition coefficient (Wildman–Crippen LogP) is 1.86. The molecule has 0 spiro atoms. The minimum absolute atomic E-state index is 0.0358.